The second-order valence-corrected chi connectivity index (χ2v) is 7.27. The summed E-state index contributed by atoms with van der Waals surface area (Å²) in [6.45, 7) is 2.75. The van der Waals surface area contributed by atoms with E-state index in [4.69, 9.17) is 0 Å². The van der Waals surface area contributed by atoms with Gasteiger partial charge in [-0.25, -0.2) is 18.1 Å². The first kappa shape index (κ1) is 15.9. The Balaban J connectivity index is 2.12. The third-order valence-corrected chi connectivity index (χ3v) is 4.27. The Morgan fingerprint density at radius 1 is 1.43 bits per heavy atom. The van der Waals surface area contributed by atoms with Gasteiger partial charge in [-0.2, -0.15) is 0 Å². The molecule has 1 atom stereocenters. The molecule has 21 heavy (non-hydrogen) atoms. The Hall–Kier alpha value is -1.47. The molecular formula is C14H21N3O3S. The molecule has 1 N–H and O–H groups in total. The van der Waals surface area contributed by atoms with E-state index in [9.17, 15) is 13.2 Å². The summed E-state index contributed by atoms with van der Waals surface area (Å²) in [6.07, 6.45) is 3.87. The summed E-state index contributed by atoms with van der Waals surface area (Å²) in [6, 6.07) is 5.24. The number of rotatable bonds is 4. The van der Waals surface area contributed by atoms with Crippen LogP contribution in [-0.4, -0.2) is 49.6 Å². The Kier molecular flexibility index (Phi) is 4.95. The number of hydrogen-bond donors (Lipinski definition) is 1. The summed E-state index contributed by atoms with van der Waals surface area (Å²) in [5, 5.41) is 0. The number of carbonyl (C=O) groups excluding carboxylic acids is 1. The number of nitrogens with zero attached hydrogens (tertiary/aromatic N) is 2. The fourth-order valence-electron chi connectivity index (χ4n) is 2.54. The van der Waals surface area contributed by atoms with Gasteiger partial charge in [0.2, 0.25) is 10.0 Å². The van der Waals surface area contributed by atoms with Crippen molar-refractivity contribution in [1.82, 2.24) is 14.6 Å². The minimum absolute atomic E-state index is 0.108. The number of pyridine rings is 1. The van der Waals surface area contributed by atoms with Gasteiger partial charge in [-0.05, 0) is 38.3 Å². The first-order valence-electron chi connectivity index (χ1n) is 7.06. The molecule has 0 aliphatic carbocycles. The second-order valence-electron chi connectivity index (χ2n) is 5.43. The summed E-state index contributed by atoms with van der Waals surface area (Å²) in [5.74, 6) is -0.126. The predicted octanol–water partition coefficient (Wildman–Crippen LogP) is 0.934. The average molecular weight is 311 g/mol. The van der Waals surface area contributed by atoms with Gasteiger partial charge in [-0.15, -0.1) is 0 Å². The van der Waals surface area contributed by atoms with Gasteiger partial charge in [0.05, 0.1) is 6.26 Å². The summed E-state index contributed by atoms with van der Waals surface area (Å²) < 4.78 is 25.0. The molecule has 1 aliphatic heterocycles. The van der Waals surface area contributed by atoms with Gasteiger partial charge in [0.25, 0.3) is 5.91 Å². The van der Waals surface area contributed by atoms with Crippen molar-refractivity contribution in [2.45, 2.75) is 32.2 Å². The molecule has 1 aromatic rings. The number of nitrogens with one attached hydrogen (secondary N) is 1. The SMILES string of the molecule is Cc1cccc(C(=O)N2CCCC[C@@H]2CNS(C)(=O)=O)n1. The summed E-state index contributed by atoms with van der Waals surface area (Å²) in [4.78, 5) is 18.6. The number of aromatic nitrogens is 1. The summed E-state index contributed by atoms with van der Waals surface area (Å²) >= 11 is 0. The molecule has 2 rings (SSSR count). The van der Waals surface area contributed by atoms with E-state index in [2.05, 4.69) is 9.71 Å². The zero-order chi connectivity index (χ0) is 15.5. The van der Waals surface area contributed by atoms with Gasteiger partial charge in [-0.1, -0.05) is 6.07 Å². The van der Waals surface area contributed by atoms with Crippen LogP contribution >= 0.6 is 0 Å². The van der Waals surface area contributed by atoms with Crippen LogP contribution in [0.1, 0.15) is 35.4 Å². The average Bonchev–Trinajstić information content (AvgIpc) is 2.44. The molecule has 1 fully saturated rings. The molecular weight excluding hydrogens is 290 g/mol. The molecule has 1 saturated heterocycles. The Morgan fingerprint density at radius 3 is 2.86 bits per heavy atom. The normalized spacial score (nSPS) is 19.5. The molecule has 1 aromatic heterocycles. The van der Waals surface area contributed by atoms with E-state index in [1.165, 1.54) is 0 Å². The highest BCUT2D eigenvalue weighted by Crippen LogP contribution is 2.19. The molecule has 0 spiro atoms. The van der Waals surface area contributed by atoms with Crippen LogP contribution in [0.25, 0.3) is 0 Å². The highest BCUT2D eigenvalue weighted by atomic mass is 32.2. The van der Waals surface area contributed by atoms with E-state index in [1.54, 1.807) is 11.0 Å². The van der Waals surface area contributed by atoms with Gasteiger partial charge >= 0.3 is 0 Å². The maximum Gasteiger partial charge on any atom is 0.272 e. The third kappa shape index (κ3) is 4.50. The molecule has 0 radical (unpaired) electrons. The molecule has 1 aliphatic rings. The molecule has 7 heteroatoms. The van der Waals surface area contributed by atoms with Gasteiger partial charge in [-0.3, -0.25) is 4.79 Å². The van der Waals surface area contributed by atoms with Crippen molar-refractivity contribution in [3.8, 4) is 0 Å². The highest BCUT2D eigenvalue weighted by Gasteiger charge is 2.28. The van der Waals surface area contributed by atoms with Gasteiger partial charge < -0.3 is 4.90 Å². The van der Waals surface area contributed by atoms with Crippen molar-refractivity contribution in [3.63, 3.8) is 0 Å². The van der Waals surface area contributed by atoms with Crippen molar-refractivity contribution in [2.75, 3.05) is 19.3 Å². The minimum atomic E-state index is -3.25. The second kappa shape index (κ2) is 6.53. The van der Waals surface area contributed by atoms with Crippen LogP contribution in [0.3, 0.4) is 0 Å². The van der Waals surface area contributed by atoms with Crippen LogP contribution in [0.4, 0.5) is 0 Å². The monoisotopic (exact) mass is 311 g/mol. The highest BCUT2D eigenvalue weighted by molar-refractivity contribution is 7.88. The number of sulfonamides is 1. The maximum atomic E-state index is 12.6. The summed E-state index contributed by atoms with van der Waals surface area (Å²) in [5.41, 5.74) is 1.21. The first-order valence-corrected chi connectivity index (χ1v) is 8.95. The lowest BCUT2D eigenvalue weighted by atomic mass is 10.0. The lowest BCUT2D eigenvalue weighted by molar-refractivity contribution is 0.0612. The van der Waals surface area contributed by atoms with E-state index in [1.807, 2.05) is 19.1 Å². The molecule has 116 valence electrons. The van der Waals surface area contributed by atoms with Crippen LogP contribution in [0.5, 0.6) is 0 Å². The van der Waals surface area contributed by atoms with E-state index < -0.39 is 10.0 Å². The van der Waals surface area contributed by atoms with E-state index in [0.29, 0.717) is 12.2 Å². The van der Waals surface area contributed by atoms with Gasteiger partial charge in [0.15, 0.2) is 0 Å². The lowest BCUT2D eigenvalue weighted by Crippen LogP contribution is -2.49. The molecule has 6 nitrogen and oxygen atoms in total. The molecule has 0 bridgehead atoms. The van der Waals surface area contributed by atoms with Crippen LogP contribution in [-0.2, 0) is 10.0 Å². The fourth-order valence-corrected chi connectivity index (χ4v) is 3.03. The Labute approximate surface area is 125 Å². The van der Waals surface area contributed by atoms with E-state index in [-0.39, 0.29) is 18.5 Å². The van der Waals surface area contributed by atoms with Gasteiger partial charge in [0.1, 0.15) is 5.69 Å². The van der Waals surface area contributed by atoms with Crippen molar-refractivity contribution in [1.29, 1.82) is 0 Å². The molecule has 2 heterocycles. The Morgan fingerprint density at radius 2 is 2.19 bits per heavy atom. The molecule has 0 saturated carbocycles. The lowest BCUT2D eigenvalue weighted by Gasteiger charge is -2.35. The van der Waals surface area contributed by atoms with Crippen molar-refractivity contribution in [2.24, 2.45) is 0 Å². The van der Waals surface area contributed by atoms with Crippen molar-refractivity contribution in [3.05, 3.63) is 29.6 Å². The van der Waals surface area contributed by atoms with Crippen LogP contribution in [0, 0.1) is 6.92 Å². The number of amides is 1. The zero-order valence-electron chi connectivity index (χ0n) is 12.4. The van der Waals surface area contributed by atoms with Crippen LogP contribution in [0.2, 0.25) is 0 Å². The molecule has 1 amide bonds. The van der Waals surface area contributed by atoms with Crippen LogP contribution in [0.15, 0.2) is 18.2 Å². The largest absolute Gasteiger partial charge is 0.333 e. The number of hydrogen-bond acceptors (Lipinski definition) is 4. The zero-order valence-corrected chi connectivity index (χ0v) is 13.2. The van der Waals surface area contributed by atoms with Crippen LogP contribution < -0.4 is 4.72 Å². The van der Waals surface area contributed by atoms with Crippen molar-refractivity contribution < 1.29 is 13.2 Å². The smallest absolute Gasteiger partial charge is 0.272 e. The topological polar surface area (TPSA) is 79.4 Å². The maximum absolute atomic E-state index is 12.6. The fraction of sp³-hybridized carbons (Fsp3) is 0.571. The van der Waals surface area contributed by atoms with E-state index >= 15 is 0 Å². The third-order valence-electron chi connectivity index (χ3n) is 3.58. The van der Waals surface area contributed by atoms with Gasteiger partial charge in [0, 0.05) is 24.8 Å². The number of piperidine rings is 1. The predicted molar refractivity (Wildman–Crippen MR) is 80.5 cm³/mol. The van der Waals surface area contributed by atoms with Crippen molar-refractivity contribution >= 4 is 15.9 Å². The molecule has 0 unspecified atom stereocenters. The minimum Gasteiger partial charge on any atom is -0.333 e. The van der Waals surface area contributed by atoms with E-state index in [0.717, 1.165) is 31.2 Å². The number of aryl methyl sites for hydroxylation is 1. The molecule has 0 aromatic carbocycles. The summed E-state index contributed by atoms with van der Waals surface area (Å²) in [7, 11) is -3.25. The first-order chi connectivity index (χ1) is 9.87. The quantitative estimate of drug-likeness (QED) is 0.897. The standard InChI is InChI=1S/C14H21N3O3S/c1-11-6-5-8-13(16-11)14(18)17-9-4-3-7-12(17)10-15-21(2,19)20/h5-6,8,12,15H,3-4,7,9-10H2,1-2H3/t12-/m1/s1. The number of likely N-dealkylation sites (tertiary alicyclic amines) is 1. The number of carbonyl (C=O) groups is 1. The Bertz CT molecular complexity index is 616.